The van der Waals surface area contributed by atoms with Gasteiger partial charge in [0.1, 0.15) is 6.04 Å². The minimum Gasteiger partial charge on any atom is -0.341 e. The number of thioether (sulfide) groups is 1. The molecule has 0 N–H and O–H groups in total. The van der Waals surface area contributed by atoms with Crippen LogP contribution in [0.15, 0.2) is 53.7 Å². The summed E-state index contributed by atoms with van der Waals surface area (Å²) < 4.78 is 2.46. The van der Waals surface area contributed by atoms with Gasteiger partial charge in [-0.15, -0.1) is 0 Å². The molecule has 4 heterocycles. The molecule has 0 aliphatic carbocycles. The van der Waals surface area contributed by atoms with E-state index in [1.165, 1.54) is 38.9 Å². The average Bonchev–Trinajstić information content (AvgIpc) is 3.38. The molecule has 3 atom stereocenters. The molecular weight excluding hydrogens is 400 g/mol. The van der Waals surface area contributed by atoms with Crippen LogP contribution < -0.4 is 0 Å². The quantitative estimate of drug-likeness (QED) is 0.513. The maximum absolute atomic E-state index is 5.17. The highest BCUT2D eigenvalue weighted by atomic mass is 32.2. The molecule has 0 saturated carbocycles. The van der Waals surface area contributed by atoms with Crippen molar-refractivity contribution >= 4 is 16.9 Å². The van der Waals surface area contributed by atoms with Gasteiger partial charge in [-0.25, -0.2) is 0 Å². The number of nitrogens with zero attached hydrogens (tertiary/aromatic N) is 4. The zero-order chi connectivity index (χ0) is 21.7. The Bertz CT molecular complexity index is 1150. The fraction of sp³-hybridized carbons (Fsp3) is 0.385. The lowest BCUT2D eigenvalue weighted by Gasteiger charge is -2.27. The summed E-state index contributed by atoms with van der Waals surface area (Å²) in [6.45, 7) is 12.3. The van der Waals surface area contributed by atoms with E-state index < -0.39 is 0 Å². The Kier molecular flexibility index (Phi) is 5.17. The third-order valence-electron chi connectivity index (χ3n) is 6.60. The molecule has 0 unspecified atom stereocenters. The summed E-state index contributed by atoms with van der Waals surface area (Å²) in [6, 6.07) is 15.4. The van der Waals surface area contributed by atoms with Crippen molar-refractivity contribution in [3.63, 3.8) is 0 Å². The molecule has 1 saturated heterocycles. The molecule has 1 fully saturated rings. The van der Waals surface area contributed by atoms with E-state index in [9.17, 15) is 0 Å². The highest BCUT2D eigenvalue weighted by Crippen LogP contribution is 2.49. The Morgan fingerprint density at radius 1 is 1.10 bits per heavy atom. The number of hydrogen-bond acceptors (Lipinski definition) is 4. The molecule has 0 radical (unpaired) electrons. The number of benzene rings is 1. The number of aryl methyl sites for hydroxylation is 3. The van der Waals surface area contributed by atoms with Gasteiger partial charge >= 0.3 is 0 Å². The van der Waals surface area contributed by atoms with Gasteiger partial charge in [0.2, 0.25) is 0 Å². The second-order valence-corrected chi connectivity index (χ2v) is 10.1. The minimum absolute atomic E-state index is 0.0349. The van der Waals surface area contributed by atoms with Crippen LogP contribution in [0.3, 0.4) is 0 Å². The lowest BCUT2D eigenvalue weighted by Crippen LogP contribution is -2.29. The summed E-state index contributed by atoms with van der Waals surface area (Å²) in [5, 5.41) is 1.74. The molecule has 0 bridgehead atoms. The van der Waals surface area contributed by atoms with Gasteiger partial charge < -0.3 is 9.47 Å². The van der Waals surface area contributed by atoms with Gasteiger partial charge in [-0.1, -0.05) is 49.9 Å². The van der Waals surface area contributed by atoms with Gasteiger partial charge in [0.05, 0.1) is 17.4 Å². The Balaban J connectivity index is 1.66. The summed E-state index contributed by atoms with van der Waals surface area (Å²) in [7, 11) is 0. The van der Waals surface area contributed by atoms with Crippen molar-refractivity contribution in [3.05, 3.63) is 82.4 Å². The molecule has 4 nitrogen and oxygen atoms in total. The number of amidine groups is 1. The number of fused-ring (bicyclic) bond motifs is 1. The van der Waals surface area contributed by atoms with Crippen molar-refractivity contribution in [2.45, 2.75) is 58.4 Å². The van der Waals surface area contributed by atoms with Crippen LogP contribution in [0.1, 0.15) is 59.7 Å². The van der Waals surface area contributed by atoms with E-state index >= 15 is 0 Å². The van der Waals surface area contributed by atoms with Gasteiger partial charge in [0.25, 0.3) is 0 Å². The van der Waals surface area contributed by atoms with Gasteiger partial charge in [-0.3, -0.25) is 9.98 Å². The smallest absolute Gasteiger partial charge is 0.160 e. The van der Waals surface area contributed by atoms with E-state index in [1.807, 2.05) is 24.0 Å². The van der Waals surface area contributed by atoms with Crippen LogP contribution in [-0.4, -0.2) is 31.4 Å². The number of aliphatic imine (C=N–C) groups is 1. The summed E-state index contributed by atoms with van der Waals surface area (Å²) in [4.78, 5) is 12.4. The maximum Gasteiger partial charge on any atom is 0.160 e. The van der Waals surface area contributed by atoms with Gasteiger partial charge in [0.15, 0.2) is 5.17 Å². The van der Waals surface area contributed by atoms with Gasteiger partial charge in [0, 0.05) is 29.4 Å². The Labute approximate surface area is 189 Å². The predicted octanol–water partition coefficient (Wildman–Crippen LogP) is 5.95. The Morgan fingerprint density at radius 3 is 2.68 bits per heavy atom. The maximum atomic E-state index is 5.17. The highest BCUT2D eigenvalue weighted by molar-refractivity contribution is 8.14. The molecular formula is C26H30N4S. The van der Waals surface area contributed by atoms with Crippen LogP contribution in [-0.2, 0) is 6.42 Å². The second kappa shape index (κ2) is 7.86. The van der Waals surface area contributed by atoms with E-state index in [4.69, 9.17) is 9.98 Å². The third kappa shape index (κ3) is 3.30. The fourth-order valence-electron chi connectivity index (χ4n) is 5.21. The van der Waals surface area contributed by atoms with Gasteiger partial charge in [-0.2, -0.15) is 0 Å². The standard InChI is InChI=1S/C26H30N4S/c1-6-20-11-9-10-16(2)24(20)30-17(3)14-21(19(30)5)25-23(22-12-7-8-13-27-22)28-26-29(25)15-18(4)31-26/h7-14,18,23,25H,6,15H2,1-5H3/t18-,23+,25-/m1/s1. The Hall–Kier alpha value is -2.53. The summed E-state index contributed by atoms with van der Waals surface area (Å²) in [5.41, 5.74) is 9.07. The van der Waals surface area contributed by atoms with E-state index in [-0.39, 0.29) is 12.1 Å². The van der Waals surface area contributed by atoms with Crippen molar-refractivity contribution in [1.82, 2.24) is 14.5 Å². The number of para-hydroxylation sites is 1. The Morgan fingerprint density at radius 2 is 1.94 bits per heavy atom. The zero-order valence-corrected chi connectivity index (χ0v) is 19.8. The third-order valence-corrected chi connectivity index (χ3v) is 7.70. The highest BCUT2D eigenvalue weighted by Gasteiger charge is 2.44. The molecule has 2 aliphatic rings. The van der Waals surface area contributed by atoms with Crippen molar-refractivity contribution in [2.24, 2.45) is 4.99 Å². The predicted molar refractivity (Wildman–Crippen MR) is 130 cm³/mol. The summed E-state index contributed by atoms with van der Waals surface area (Å²) in [6.07, 6.45) is 2.91. The fourth-order valence-corrected chi connectivity index (χ4v) is 6.30. The van der Waals surface area contributed by atoms with Crippen LogP contribution >= 0.6 is 11.8 Å². The topological polar surface area (TPSA) is 33.4 Å². The van der Waals surface area contributed by atoms with Crippen LogP contribution in [0.25, 0.3) is 5.69 Å². The molecule has 2 aliphatic heterocycles. The van der Waals surface area contributed by atoms with E-state index in [1.54, 1.807) is 0 Å². The number of pyridine rings is 1. The van der Waals surface area contributed by atoms with E-state index in [0.717, 1.165) is 18.7 Å². The largest absolute Gasteiger partial charge is 0.341 e. The molecule has 0 spiro atoms. The first-order chi connectivity index (χ1) is 15.0. The van der Waals surface area contributed by atoms with Crippen molar-refractivity contribution in [1.29, 1.82) is 0 Å². The van der Waals surface area contributed by atoms with E-state index in [2.05, 4.69) is 80.5 Å². The normalized spacial score (nSPS) is 22.7. The van der Waals surface area contributed by atoms with Crippen molar-refractivity contribution in [2.75, 3.05) is 6.54 Å². The van der Waals surface area contributed by atoms with Crippen LogP contribution in [0.4, 0.5) is 0 Å². The molecule has 0 amide bonds. The van der Waals surface area contributed by atoms with Crippen LogP contribution in [0.2, 0.25) is 0 Å². The van der Waals surface area contributed by atoms with Crippen molar-refractivity contribution in [3.8, 4) is 5.69 Å². The molecule has 1 aromatic carbocycles. The zero-order valence-electron chi connectivity index (χ0n) is 19.0. The SMILES string of the molecule is CCc1cccc(C)c1-n1c(C)cc([C@@H]2[C@H](c3ccccn3)N=C3S[C@H](C)CN32)c1C. The van der Waals surface area contributed by atoms with Crippen LogP contribution in [0, 0.1) is 20.8 Å². The number of aromatic nitrogens is 2. The number of rotatable bonds is 4. The molecule has 2 aromatic heterocycles. The minimum atomic E-state index is 0.0349. The average molecular weight is 431 g/mol. The van der Waals surface area contributed by atoms with Crippen LogP contribution in [0.5, 0.6) is 0 Å². The summed E-state index contributed by atoms with van der Waals surface area (Å²) >= 11 is 1.90. The first kappa shape index (κ1) is 20.4. The molecule has 5 rings (SSSR count). The second-order valence-electron chi connectivity index (χ2n) is 8.73. The van der Waals surface area contributed by atoms with Gasteiger partial charge in [-0.05, 0) is 62.1 Å². The van der Waals surface area contributed by atoms with E-state index in [0.29, 0.717) is 5.25 Å². The molecule has 5 heteroatoms. The number of hydrogen-bond donors (Lipinski definition) is 0. The summed E-state index contributed by atoms with van der Waals surface area (Å²) in [5.74, 6) is 0. The lowest BCUT2D eigenvalue weighted by molar-refractivity contribution is 0.320. The molecule has 31 heavy (non-hydrogen) atoms. The monoisotopic (exact) mass is 430 g/mol. The first-order valence-corrected chi connectivity index (χ1v) is 12.1. The molecule has 160 valence electrons. The molecule has 3 aromatic rings. The van der Waals surface area contributed by atoms with Crippen molar-refractivity contribution < 1.29 is 0 Å². The first-order valence-electron chi connectivity index (χ1n) is 11.2. The lowest BCUT2D eigenvalue weighted by atomic mass is 9.96.